The molecule has 0 fully saturated rings. The van der Waals surface area contributed by atoms with Gasteiger partial charge in [-0.2, -0.15) is 0 Å². The van der Waals surface area contributed by atoms with Gasteiger partial charge >= 0.3 is 5.97 Å². The van der Waals surface area contributed by atoms with Gasteiger partial charge in [-0.15, -0.1) is 0 Å². The van der Waals surface area contributed by atoms with Crippen LogP contribution in [0.1, 0.15) is 27.8 Å². The number of aromatic nitrogens is 2. The summed E-state index contributed by atoms with van der Waals surface area (Å²) in [6.07, 6.45) is 3.32. The van der Waals surface area contributed by atoms with Gasteiger partial charge < -0.3 is 10.1 Å². The molecule has 8 heteroatoms. The summed E-state index contributed by atoms with van der Waals surface area (Å²) in [5.74, 6) is -1.15. The number of thioether (sulfide) groups is 1. The van der Waals surface area contributed by atoms with Crippen molar-refractivity contribution in [2.24, 2.45) is 0 Å². The van der Waals surface area contributed by atoms with E-state index in [1.165, 1.54) is 30.1 Å². The molecule has 0 unspecified atom stereocenters. The monoisotopic (exact) mass is 399 g/mol. The fourth-order valence-electron chi connectivity index (χ4n) is 2.58. The lowest BCUT2D eigenvalue weighted by Gasteiger charge is -2.11. The van der Waals surface area contributed by atoms with Crippen LogP contribution >= 0.6 is 11.8 Å². The molecular formula is C20H18FN3O3S. The number of anilines is 1. The van der Waals surface area contributed by atoms with Gasteiger partial charge in [0, 0.05) is 11.4 Å². The van der Waals surface area contributed by atoms with Crippen molar-refractivity contribution >= 4 is 29.3 Å². The van der Waals surface area contributed by atoms with E-state index in [-0.39, 0.29) is 11.7 Å². The maximum atomic E-state index is 13.3. The molecule has 28 heavy (non-hydrogen) atoms. The predicted molar refractivity (Wildman–Crippen MR) is 106 cm³/mol. The molecule has 1 amide bonds. The summed E-state index contributed by atoms with van der Waals surface area (Å²) in [4.78, 5) is 28.8. The van der Waals surface area contributed by atoms with Gasteiger partial charge in [-0.3, -0.25) is 9.36 Å². The Hall–Kier alpha value is -3.13. The Morgan fingerprint density at radius 2 is 1.82 bits per heavy atom. The van der Waals surface area contributed by atoms with Crippen molar-refractivity contribution in [3.63, 3.8) is 0 Å². The van der Waals surface area contributed by atoms with Crippen molar-refractivity contribution in [3.8, 4) is 5.69 Å². The van der Waals surface area contributed by atoms with Crippen LogP contribution in [0, 0.1) is 5.82 Å². The zero-order valence-electron chi connectivity index (χ0n) is 15.3. The number of nitrogens with zero attached hydrogens (tertiary/aromatic N) is 2. The standard InChI is InChI=1S/C20H18FN3O3S/c1-3-27-19(26)13-4-8-15(9-5-13)23-18(25)17-12-22-20(28-2)24(17)16-10-6-14(21)7-11-16/h4-12H,3H2,1-2H3,(H,23,25). The van der Waals surface area contributed by atoms with Crippen LogP contribution in [0.3, 0.4) is 0 Å². The van der Waals surface area contributed by atoms with Gasteiger partial charge in [0.2, 0.25) is 0 Å². The molecule has 0 bridgehead atoms. The lowest BCUT2D eigenvalue weighted by Crippen LogP contribution is -2.17. The molecule has 1 aromatic heterocycles. The molecule has 0 spiro atoms. The van der Waals surface area contributed by atoms with Crippen molar-refractivity contribution in [1.82, 2.24) is 9.55 Å². The second-order valence-corrected chi connectivity index (χ2v) is 6.47. The second-order valence-electron chi connectivity index (χ2n) is 5.69. The summed E-state index contributed by atoms with van der Waals surface area (Å²) in [6.45, 7) is 2.03. The molecule has 0 aliphatic heterocycles. The number of benzene rings is 2. The number of ether oxygens (including phenoxy) is 1. The molecule has 6 nitrogen and oxygen atoms in total. The zero-order chi connectivity index (χ0) is 20.1. The fraction of sp³-hybridized carbons (Fsp3) is 0.150. The smallest absolute Gasteiger partial charge is 0.338 e. The molecule has 0 aliphatic rings. The molecule has 144 valence electrons. The fourth-order valence-corrected chi connectivity index (χ4v) is 3.12. The summed E-state index contributed by atoms with van der Waals surface area (Å²) in [7, 11) is 0. The average Bonchev–Trinajstić information content (AvgIpc) is 3.13. The average molecular weight is 399 g/mol. The number of amides is 1. The summed E-state index contributed by atoms with van der Waals surface area (Å²) in [5.41, 5.74) is 1.87. The number of carbonyl (C=O) groups is 2. The summed E-state index contributed by atoms with van der Waals surface area (Å²) in [5, 5.41) is 3.39. The van der Waals surface area contributed by atoms with Crippen LogP contribution in [0.5, 0.6) is 0 Å². The molecule has 0 saturated carbocycles. The second kappa shape index (κ2) is 8.71. The molecule has 1 N–H and O–H groups in total. The van der Waals surface area contributed by atoms with Crippen LogP contribution in [0.15, 0.2) is 59.9 Å². The van der Waals surface area contributed by atoms with E-state index in [0.717, 1.165) is 0 Å². The molecular weight excluding hydrogens is 381 g/mol. The van der Waals surface area contributed by atoms with Gasteiger partial charge in [-0.1, -0.05) is 11.8 Å². The highest BCUT2D eigenvalue weighted by atomic mass is 32.2. The third-order valence-electron chi connectivity index (χ3n) is 3.88. The predicted octanol–water partition coefficient (Wildman–Crippen LogP) is 4.16. The van der Waals surface area contributed by atoms with E-state index in [1.54, 1.807) is 47.9 Å². The van der Waals surface area contributed by atoms with Crippen LogP contribution in [0.25, 0.3) is 5.69 Å². The van der Waals surface area contributed by atoms with E-state index in [0.29, 0.717) is 34.4 Å². The number of hydrogen-bond acceptors (Lipinski definition) is 5. The minimum Gasteiger partial charge on any atom is -0.462 e. The molecule has 0 atom stereocenters. The number of imidazole rings is 1. The maximum Gasteiger partial charge on any atom is 0.338 e. The lowest BCUT2D eigenvalue weighted by atomic mass is 10.2. The Morgan fingerprint density at radius 3 is 2.43 bits per heavy atom. The summed E-state index contributed by atoms with van der Waals surface area (Å²) >= 11 is 1.38. The zero-order valence-corrected chi connectivity index (χ0v) is 16.1. The molecule has 2 aromatic carbocycles. The minimum atomic E-state index is -0.417. The van der Waals surface area contributed by atoms with Gasteiger partial charge in [-0.25, -0.2) is 14.2 Å². The highest BCUT2D eigenvalue weighted by molar-refractivity contribution is 7.98. The van der Waals surface area contributed by atoms with Gasteiger partial charge in [0.25, 0.3) is 5.91 Å². The Balaban J connectivity index is 1.84. The van der Waals surface area contributed by atoms with Crippen LogP contribution in [0.4, 0.5) is 10.1 Å². The van der Waals surface area contributed by atoms with Crippen molar-refractivity contribution in [2.75, 3.05) is 18.2 Å². The van der Waals surface area contributed by atoms with Crippen LogP contribution in [0.2, 0.25) is 0 Å². The van der Waals surface area contributed by atoms with E-state index in [9.17, 15) is 14.0 Å². The third kappa shape index (κ3) is 4.23. The first kappa shape index (κ1) is 19.6. The first-order chi connectivity index (χ1) is 13.5. The van der Waals surface area contributed by atoms with Crippen molar-refractivity contribution in [3.05, 3.63) is 71.8 Å². The molecule has 0 aliphatic carbocycles. The summed E-state index contributed by atoms with van der Waals surface area (Å²) in [6, 6.07) is 12.2. The maximum absolute atomic E-state index is 13.3. The first-order valence-corrected chi connectivity index (χ1v) is 9.72. The Kier molecular flexibility index (Phi) is 6.10. The van der Waals surface area contributed by atoms with Crippen molar-refractivity contribution in [2.45, 2.75) is 12.1 Å². The molecule has 0 saturated heterocycles. The van der Waals surface area contributed by atoms with E-state index in [4.69, 9.17) is 4.74 Å². The highest BCUT2D eigenvalue weighted by Crippen LogP contribution is 2.23. The number of hydrogen-bond donors (Lipinski definition) is 1. The van der Waals surface area contributed by atoms with E-state index >= 15 is 0 Å². The SMILES string of the molecule is CCOC(=O)c1ccc(NC(=O)c2cnc(SC)n2-c2ccc(F)cc2)cc1. The van der Waals surface area contributed by atoms with Crippen LogP contribution < -0.4 is 5.32 Å². The van der Waals surface area contributed by atoms with Gasteiger partial charge in [0.05, 0.1) is 18.4 Å². The molecule has 3 rings (SSSR count). The lowest BCUT2D eigenvalue weighted by molar-refractivity contribution is 0.0526. The number of halogens is 1. The van der Waals surface area contributed by atoms with E-state index < -0.39 is 5.97 Å². The first-order valence-electron chi connectivity index (χ1n) is 8.49. The topological polar surface area (TPSA) is 73.2 Å². The molecule has 0 radical (unpaired) electrons. The van der Waals surface area contributed by atoms with E-state index in [1.807, 2.05) is 6.26 Å². The van der Waals surface area contributed by atoms with Crippen LogP contribution in [-0.4, -0.2) is 34.3 Å². The number of carbonyl (C=O) groups excluding carboxylic acids is 2. The number of rotatable bonds is 6. The Bertz CT molecular complexity index is 985. The van der Waals surface area contributed by atoms with Gasteiger partial charge in [-0.05, 0) is 61.7 Å². The van der Waals surface area contributed by atoms with Gasteiger partial charge in [0.15, 0.2) is 5.16 Å². The van der Waals surface area contributed by atoms with Gasteiger partial charge in [0.1, 0.15) is 11.5 Å². The van der Waals surface area contributed by atoms with Crippen molar-refractivity contribution in [1.29, 1.82) is 0 Å². The minimum absolute atomic E-state index is 0.294. The molecule has 3 aromatic rings. The quantitative estimate of drug-likeness (QED) is 0.498. The van der Waals surface area contributed by atoms with E-state index in [2.05, 4.69) is 10.3 Å². The highest BCUT2D eigenvalue weighted by Gasteiger charge is 2.18. The summed E-state index contributed by atoms with van der Waals surface area (Å²) < 4.78 is 19.9. The molecule has 1 heterocycles. The number of esters is 1. The largest absolute Gasteiger partial charge is 0.462 e. The third-order valence-corrected chi connectivity index (χ3v) is 4.54. The number of nitrogens with one attached hydrogen (secondary N) is 1. The normalized spacial score (nSPS) is 10.5. The Morgan fingerprint density at radius 1 is 1.14 bits per heavy atom. The van der Waals surface area contributed by atoms with Crippen molar-refractivity contribution < 1.29 is 18.7 Å². The van der Waals surface area contributed by atoms with Crippen LogP contribution in [-0.2, 0) is 4.74 Å². The Labute approximate surface area is 165 Å².